The molecule has 3 aromatic rings. The smallest absolute Gasteiger partial charge is 0.245 e. The topological polar surface area (TPSA) is 95.5 Å². The van der Waals surface area contributed by atoms with E-state index in [2.05, 4.69) is 41.1 Å². The molecule has 2 heterocycles. The number of benzene rings is 2. The molecule has 0 unspecified atom stereocenters. The molecule has 40 heavy (non-hydrogen) atoms. The molecular formula is C30H38ClN5O3S. The van der Waals surface area contributed by atoms with Crippen molar-refractivity contribution in [3.05, 3.63) is 59.4 Å². The number of rotatable bonds is 8. The van der Waals surface area contributed by atoms with Crippen molar-refractivity contribution in [1.29, 1.82) is 0 Å². The van der Waals surface area contributed by atoms with E-state index in [4.69, 9.17) is 11.6 Å². The number of aryl methyl sites for hydroxylation is 1. The van der Waals surface area contributed by atoms with E-state index in [1.165, 1.54) is 0 Å². The van der Waals surface area contributed by atoms with E-state index in [9.17, 15) is 13.2 Å². The normalized spacial score (nSPS) is 23.9. The first kappa shape index (κ1) is 28.8. The second kappa shape index (κ2) is 11.6. The Kier molecular flexibility index (Phi) is 8.36. The molecule has 1 saturated carbocycles. The summed E-state index contributed by atoms with van der Waals surface area (Å²) in [6.07, 6.45) is 3.06. The van der Waals surface area contributed by atoms with Crippen LogP contribution in [0.5, 0.6) is 0 Å². The van der Waals surface area contributed by atoms with Crippen molar-refractivity contribution < 1.29 is 13.2 Å². The molecule has 2 fully saturated rings. The molecule has 1 aliphatic heterocycles. The van der Waals surface area contributed by atoms with Crippen molar-refractivity contribution in [2.75, 3.05) is 24.7 Å². The summed E-state index contributed by atoms with van der Waals surface area (Å²) in [5, 5.41) is 4.72. The zero-order valence-corrected chi connectivity index (χ0v) is 25.1. The van der Waals surface area contributed by atoms with Crippen LogP contribution in [0.4, 0.5) is 5.82 Å². The number of hydrogen-bond donors (Lipinski definition) is 1. The van der Waals surface area contributed by atoms with Crippen LogP contribution >= 0.6 is 11.6 Å². The first-order valence-electron chi connectivity index (χ1n) is 14.0. The summed E-state index contributed by atoms with van der Waals surface area (Å²) in [6.45, 7) is 6.73. The molecule has 1 amide bonds. The molecule has 0 radical (unpaired) electrons. The number of amides is 1. The summed E-state index contributed by atoms with van der Waals surface area (Å²) in [6, 6.07) is 14.2. The zero-order valence-electron chi connectivity index (χ0n) is 23.5. The van der Waals surface area contributed by atoms with Gasteiger partial charge in [0, 0.05) is 35.1 Å². The SMILES string of the molecule is Cc1nc(N[C@H]2CCN([C@H]3CC[C@@H](N(C)C(C)C)C[C@@H]3CS(=O)(=O)c3ccccc3)C2=O)c2cc(Cl)ccc2n1. The fourth-order valence-electron chi connectivity index (χ4n) is 6.27. The average Bonchev–Trinajstić information content (AvgIpc) is 3.28. The first-order valence-corrected chi connectivity index (χ1v) is 16.1. The van der Waals surface area contributed by atoms with Crippen molar-refractivity contribution in [2.45, 2.75) is 75.5 Å². The standard InChI is InChI=1S/C30H38ClN5O3S/c1-19(2)35(4)23-11-13-28(21(16-23)18-40(38,39)24-8-6-5-7-9-24)36-15-14-27(30(36)37)34-29-25-17-22(31)10-12-26(25)32-20(3)33-29/h5-10,12,17,19,21,23,27-28H,11,13-16,18H2,1-4H3,(H,32,33,34)/t21-,23-,27+,28+/m1/s1. The van der Waals surface area contributed by atoms with Crippen LogP contribution in [0.3, 0.4) is 0 Å². The Hall–Kier alpha value is -2.75. The van der Waals surface area contributed by atoms with E-state index < -0.39 is 15.9 Å². The third kappa shape index (κ3) is 5.97. The van der Waals surface area contributed by atoms with Crippen molar-refractivity contribution in [3.63, 3.8) is 0 Å². The molecule has 1 aliphatic carbocycles. The molecule has 1 saturated heterocycles. The summed E-state index contributed by atoms with van der Waals surface area (Å²) in [7, 11) is -1.40. The van der Waals surface area contributed by atoms with Gasteiger partial charge in [0.25, 0.3) is 0 Å². The number of carbonyl (C=O) groups excluding carboxylic acids is 1. The van der Waals surface area contributed by atoms with Crippen LogP contribution in [0.2, 0.25) is 5.02 Å². The van der Waals surface area contributed by atoms with Crippen LogP contribution in [-0.4, -0.2) is 77.6 Å². The lowest BCUT2D eigenvalue weighted by molar-refractivity contribution is -0.132. The lowest BCUT2D eigenvalue weighted by Crippen LogP contribution is -2.52. The van der Waals surface area contributed by atoms with Gasteiger partial charge in [0.1, 0.15) is 17.7 Å². The highest BCUT2D eigenvalue weighted by Gasteiger charge is 2.44. The van der Waals surface area contributed by atoms with Gasteiger partial charge in [-0.15, -0.1) is 0 Å². The number of nitrogens with zero attached hydrogens (tertiary/aromatic N) is 4. The van der Waals surface area contributed by atoms with Gasteiger partial charge in [-0.25, -0.2) is 18.4 Å². The molecule has 5 rings (SSSR count). The monoisotopic (exact) mass is 583 g/mol. The number of fused-ring (bicyclic) bond motifs is 1. The van der Waals surface area contributed by atoms with Crippen LogP contribution < -0.4 is 5.32 Å². The van der Waals surface area contributed by atoms with Crippen molar-refractivity contribution in [1.82, 2.24) is 19.8 Å². The second-order valence-corrected chi connectivity index (χ2v) is 13.9. The van der Waals surface area contributed by atoms with Crippen LogP contribution in [-0.2, 0) is 14.6 Å². The fourth-order valence-corrected chi connectivity index (χ4v) is 8.13. The van der Waals surface area contributed by atoms with Crippen molar-refractivity contribution in [2.24, 2.45) is 5.92 Å². The van der Waals surface area contributed by atoms with Gasteiger partial charge in [-0.3, -0.25) is 4.79 Å². The molecule has 1 N–H and O–H groups in total. The Balaban J connectivity index is 1.39. The Labute approximate surface area is 242 Å². The maximum Gasteiger partial charge on any atom is 0.245 e. The minimum Gasteiger partial charge on any atom is -0.358 e. The zero-order chi connectivity index (χ0) is 28.6. The Morgan fingerprint density at radius 2 is 1.85 bits per heavy atom. The fraction of sp³-hybridized carbons (Fsp3) is 0.500. The number of nitrogens with one attached hydrogen (secondary N) is 1. The van der Waals surface area contributed by atoms with Gasteiger partial charge in [0.05, 0.1) is 16.2 Å². The molecule has 10 heteroatoms. The lowest BCUT2D eigenvalue weighted by atomic mass is 9.81. The molecule has 8 nitrogen and oxygen atoms in total. The van der Waals surface area contributed by atoms with E-state index in [1.54, 1.807) is 30.3 Å². The van der Waals surface area contributed by atoms with Gasteiger partial charge < -0.3 is 15.1 Å². The van der Waals surface area contributed by atoms with Crippen LogP contribution in [0.15, 0.2) is 53.4 Å². The van der Waals surface area contributed by atoms with Gasteiger partial charge in [-0.05, 0) is 89.8 Å². The summed E-state index contributed by atoms with van der Waals surface area (Å²) in [5.41, 5.74) is 0.764. The number of likely N-dealkylation sites (tertiary alicyclic amines) is 1. The maximum absolute atomic E-state index is 13.8. The molecule has 0 spiro atoms. The summed E-state index contributed by atoms with van der Waals surface area (Å²) >= 11 is 6.26. The molecule has 4 atom stereocenters. The third-order valence-electron chi connectivity index (χ3n) is 8.56. The predicted octanol–water partition coefficient (Wildman–Crippen LogP) is 4.96. The van der Waals surface area contributed by atoms with Crippen LogP contribution in [0, 0.1) is 12.8 Å². The summed E-state index contributed by atoms with van der Waals surface area (Å²) in [4.78, 5) is 27.5. The highest BCUT2D eigenvalue weighted by Crippen LogP contribution is 2.36. The maximum atomic E-state index is 13.8. The number of carbonyl (C=O) groups is 1. The van der Waals surface area contributed by atoms with Crippen molar-refractivity contribution in [3.8, 4) is 0 Å². The predicted molar refractivity (Wildman–Crippen MR) is 159 cm³/mol. The minimum absolute atomic E-state index is 0.00535. The second-order valence-electron chi connectivity index (χ2n) is 11.4. The highest BCUT2D eigenvalue weighted by molar-refractivity contribution is 7.91. The largest absolute Gasteiger partial charge is 0.358 e. The molecule has 2 aromatic carbocycles. The summed E-state index contributed by atoms with van der Waals surface area (Å²) < 4.78 is 27.0. The quantitative estimate of drug-likeness (QED) is 0.400. The number of anilines is 1. The molecule has 0 bridgehead atoms. The summed E-state index contributed by atoms with van der Waals surface area (Å²) in [5.74, 6) is 1.07. The van der Waals surface area contributed by atoms with E-state index in [1.807, 2.05) is 30.0 Å². The number of halogens is 1. The molecule has 1 aromatic heterocycles. The number of hydrogen-bond acceptors (Lipinski definition) is 7. The number of sulfone groups is 1. The Bertz CT molecular complexity index is 1480. The van der Waals surface area contributed by atoms with Gasteiger partial charge in [0.15, 0.2) is 9.84 Å². The van der Waals surface area contributed by atoms with Gasteiger partial charge in [-0.2, -0.15) is 0 Å². The Morgan fingerprint density at radius 1 is 1.10 bits per heavy atom. The molecule has 2 aliphatic rings. The van der Waals surface area contributed by atoms with E-state index >= 15 is 0 Å². The van der Waals surface area contributed by atoms with Gasteiger partial charge in [-0.1, -0.05) is 29.8 Å². The first-order chi connectivity index (χ1) is 19.0. The van der Waals surface area contributed by atoms with E-state index in [0.29, 0.717) is 40.6 Å². The van der Waals surface area contributed by atoms with E-state index in [-0.39, 0.29) is 29.7 Å². The van der Waals surface area contributed by atoms with Crippen LogP contribution in [0.1, 0.15) is 45.4 Å². The molecule has 214 valence electrons. The average molecular weight is 584 g/mol. The van der Waals surface area contributed by atoms with Gasteiger partial charge in [0.2, 0.25) is 5.91 Å². The number of aromatic nitrogens is 2. The van der Waals surface area contributed by atoms with E-state index in [0.717, 1.165) is 30.2 Å². The Morgan fingerprint density at radius 3 is 2.58 bits per heavy atom. The van der Waals surface area contributed by atoms with Crippen LogP contribution in [0.25, 0.3) is 10.9 Å². The highest BCUT2D eigenvalue weighted by atomic mass is 35.5. The van der Waals surface area contributed by atoms with Crippen molar-refractivity contribution >= 4 is 44.1 Å². The third-order valence-corrected chi connectivity index (χ3v) is 10.7. The molecular weight excluding hydrogens is 546 g/mol. The minimum atomic E-state index is -3.51. The van der Waals surface area contributed by atoms with Gasteiger partial charge >= 0.3 is 0 Å². The lowest BCUT2D eigenvalue weighted by Gasteiger charge is -2.44.